The van der Waals surface area contributed by atoms with Crippen LogP contribution in [0.3, 0.4) is 0 Å². The van der Waals surface area contributed by atoms with Crippen molar-refractivity contribution in [2.45, 2.75) is 44.6 Å². The molecule has 2 saturated carbocycles. The molecule has 3 fully saturated rings. The average molecular weight is 386 g/mol. The fourth-order valence-corrected chi connectivity index (χ4v) is 4.47. The summed E-state index contributed by atoms with van der Waals surface area (Å²) in [5.41, 5.74) is 1.10. The number of carbonyl (C=O) groups is 2. The summed E-state index contributed by atoms with van der Waals surface area (Å²) in [6.45, 7) is 3.15. The van der Waals surface area contributed by atoms with Crippen molar-refractivity contribution < 1.29 is 14.3 Å². The summed E-state index contributed by atoms with van der Waals surface area (Å²) in [5.74, 6) is 1.56. The van der Waals surface area contributed by atoms with Crippen molar-refractivity contribution in [2.24, 2.45) is 11.8 Å². The predicted molar refractivity (Wildman–Crippen MR) is 108 cm³/mol. The van der Waals surface area contributed by atoms with Gasteiger partial charge in [-0.05, 0) is 50.7 Å². The Morgan fingerprint density at radius 2 is 1.57 bits per heavy atom. The van der Waals surface area contributed by atoms with E-state index in [1.54, 1.807) is 7.11 Å². The minimum absolute atomic E-state index is 0.0859. The summed E-state index contributed by atoms with van der Waals surface area (Å²) in [6, 6.07) is 8.47. The van der Waals surface area contributed by atoms with Gasteiger partial charge in [0.2, 0.25) is 11.8 Å². The number of methoxy groups -OCH3 is 1. The molecule has 0 radical (unpaired) electrons. The van der Waals surface area contributed by atoms with Crippen LogP contribution in [0.5, 0.6) is 5.75 Å². The third-order valence-corrected chi connectivity index (χ3v) is 6.39. The van der Waals surface area contributed by atoms with Crippen molar-refractivity contribution in [3.63, 3.8) is 0 Å². The molecule has 1 aromatic carbocycles. The number of para-hydroxylation sites is 2. The maximum absolute atomic E-state index is 13.0. The zero-order valence-electron chi connectivity index (χ0n) is 16.7. The van der Waals surface area contributed by atoms with Crippen molar-refractivity contribution in [1.82, 2.24) is 10.2 Å². The second kappa shape index (κ2) is 8.41. The topological polar surface area (TPSA) is 61.9 Å². The van der Waals surface area contributed by atoms with Gasteiger partial charge in [-0.25, -0.2) is 0 Å². The highest BCUT2D eigenvalue weighted by Crippen LogP contribution is 2.32. The van der Waals surface area contributed by atoms with Crippen molar-refractivity contribution in [2.75, 3.05) is 38.2 Å². The number of benzene rings is 1. The first-order valence-electron chi connectivity index (χ1n) is 10.6. The van der Waals surface area contributed by atoms with Gasteiger partial charge < -0.3 is 19.9 Å². The van der Waals surface area contributed by atoms with E-state index in [2.05, 4.69) is 16.3 Å². The Bertz CT molecular complexity index is 703. The second-order valence-electron chi connectivity index (χ2n) is 8.32. The number of anilines is 1. The van der Waals surface area contributed by atoms with Gasteiger partial charge in [-0.3, -0.25) is 9.59 Å². The van der Waals surface area contributed by atoms with Crippen LogP contribution in [0.4, 0.5) is 5.69 Å². The van der Waals surface area contributed by atoms with Gasteiger partial charge in [-0.1, -0.05) is 12.1 Å². The number of piperazine rings is 1. The Morgan fingerprint density at radius 3 is 2.21 bits per heavy atom. The molecule has 152 valence electrons. The summed E-state index contributed by atoms with van der Waals surface area (Å²) in [4.78, 5) is 29.5. The van der Waals surface area contributed by atoms with Gasteiger partial charge in [0.15, 0.2) is 0 Å². The lowest BCUT2D eigenvalue weighted by Gasteiger charge is -2.39. The van der Waals surface area contributed by atoms with E-state index in [1.807, 2.05) is 23.1 Å². The molecular formula is C22H31N3O3. The lowest BCUT2D eigenvalue weighted by Crippen LogP contribution is -2.51. The van der Waals surface area contributed by atoms with E-state index in [0.717, 1.165) is 76.1 Å². The lowest BCUT2D eigenvalue weighted by molar-refractivity contribution is -0.138. The van der Waals surface area contributed by atoms with Crippen molar-refractivity contribution in [3.05, 3.63) is 24.3 Å². The largest absolute Gasteiger partial charge is 0.495 e. The van der Waals surface area contributed by atoms with E-state index in [9.17, 15) is 9.59 Å². The predicted octanol–water partition coefficient (Wildman–Crippen LogP) is 2.43. The molecule has 6 heteroatoms. The number of hydrogen-bond acceptors (Lipinski definition) is 4. The normalized spacial score (nSPS) is 25.3. The minimum Gasteiger partial charge on any atom is -0.495 e. The molecule has 0 spiro atoms. The van der Waals surface area contributed by atoms with Crippen LogP contribution in [0, 0.1) is 11.8 Å². The molecule has 2 amide bonds. The average Bonchev–Trinajstić information content (AvgIpc) is 3.57. The molecule has 1 saturated heterocycles. The molecule has 0 bridgehead atoms. The highest BCUT2D eigenvalue weighted by atomic mass is 16.5. The molecule has 1 heterocycles. The van der Waals surface area contributed by atoms with Crippen molar-refractivity contribution in [3.8, 4) is 5.75 Å². The smallest absolute Gasteiger partial charge is 0.225 e. The Balaban J connectivity index is 1.26. The first-order valence-corrected chi connectivity index (χ1v) is 10.6. The number of hydrogen-bond donors (Lipinski definition) is 1. The summed E-state index contributed by atoms with van der Waals surface area (Å²) < 4.78 is 5.47. The van der Waals surface area contributed by atoms with Crippen LogP contribution in [0.2, 0.25) is 0 Å². The van der Waals surface area contributed by atoms with Gasteiger partial charge in [-0.2, -0.15) is 0 Å². The van der Waals surface area contributed by atoms with Gasteiger partial charge in [0, 0.05) is 44.1 Å². The zero-order valence-corrected chi connectivity index (χ0v) is 16.7. The van der Waals surface area contributed by atoms with Gasteiger partial charge in [0.1, 0.15) is 5.75 Å². The zero-order chi connectivity index (χ0) is 19.5. The molecule has 0 unspecified atom stereocenters. The fraction of sp³-hybridized carbons (Fsp3) is 0.636. The molecular weight excluding hydrogens is 354 g/mol. The third kappa shape index (κ3) is 4.26. The van der Waals surface area contributed by atoms with Crippen LogP contribution >= 0.6 is 0 Å². The summed E-state index contributed by atoms with van der Waals surface area (Å²) in [6.07, 6.45) is 5.62. The van der Waals surface area contributed by atoms with Gasteiger partial charge in [0.05, 0.1) is 12.8 Å². The number of ether oxygens (including phenoxy) is 1. The molecule has 4 rings (SSSR count). The quantitative estimate of drug-likeness (QED) is 0.846. The van der Waals surface area contributed by atoms with Gasteiger partial charge >= 0.3 is 0 Å². The minimum atomic E-state index is 0.0859. The molecule has 0 atom stereocenters. The highest BCUT2D eigenvalue weighted by Gasteiger charge is 2.35. The molecule has 1 aromatic rings. The molecule has 1 aliphatic heterocycles. The Hall–Kier alpha value is -2.24. The number of nitrogens with one attached hydrogen (secondary N) is 1. The van der Waals surface area contributed by atoms with E-state index < -0.39 is 0 Å². The molecule has 6 nitrogen and oxygen atoms in total. The molecule has 3 aliphatic rings. The van der Waals surface area contributed by atoms with Crippen LogP contribution in [-0.2, 0) is 9.59 Å². The number of amides is 2. The van der Waals surface area contributed by atoms with Crippen molar-refractivity contribution >= 4 is 17.5 Å². The first kappa shape index (κ1) is 19.1. The van der Waals surface area contributed by atoms with Crippen LogP contribution < -0.4 is 15.0 Å². The van der Waals surface area contributed by atoms with Gasteiger partial charge in [-0.15, -0.1) is 0 Å². The summed E-state index contributed by atoms with van der Waals surface area (Å²) in [5, 5.41) is 3.11. The number of rotatable bonds is 5. The number of nitrogens with zero attached hydrogens (tertiary/aromatic N) is 2. The monoisotopic (exact) mass is 385 g/mol. The maximum atomic E-state index is 13.0. The van der Waals surface area contributed by atoms with Crippen LogP contribution in [0.1, 0.15) is 38.5 Å². The van der Waals surface area contributed by atoms with E-state index >= 15 is 0 Å². The molecule has 28 heavy (non-hydrogen) atoms. The standard InChI is InChI=1S/C22H31N3O3/c1-28-20-5-3-2-4-19(20)24-12-14-25(15-13-24)22(27)17-8-6-16(7-9-17)21(26)23-18-10-11-18/h2-5,16-18H,6-15H2,1H3,(H,23,26). The maximum Gasteiger partial charge on any atom is 0.225 e. The first-order chi connectivity index (χ1) is 13.7. The van der Waals surface area contributed by atoms with E-state index in [-0.39, 0.29) is 23.7 Å². The molecule has 2 aliphatic carbocycles. The SMILES string of the molecule is COc1ccccc1N1CCN(C(=O)C2CCC(C(=O)NC3CC3)CC2)CC1. The van der Waals surface area contributed by atoms with E-state index in [4.69, 9.17) is 4.74 Å². The second-order valence-corrected chi connectivity index (χ2v) is 8.32. The van der Waals surface area contributed by atoms with Crippen LogP contribution in [-0.4, -0.2) is 56.0 Å². The summed E-state index contributed by atoms with van der Waals surface area (Å²) in [7, 11) is 1.69. The van der Waals surface area contributed by atoms with E-state index in [0.29, 0.717) is 6.04 Å². The Morgan fingerprint density at radius 1 is 0.929 bits per heavy atom. The molecule has 1 N–H and O–H groups in total. The number of carbonyl (C=O) groups excluding carboxylic acids is 2. The highest BCUT2D eigenvalue weighted by molar-refractivity contribution is 5.81. The Kier molecular flexibility index (Phi) is 5.74. The Labute approximate surface area is 167 Å². The lowest BCUT2D eigenvalue weighted by atomic mass is 9.81. The third-order valence-electron chi connectivity index (χ3n) is 6.39. The summed E-state index contributed by atoms with van der Waals surface area (Å²) >= 11 is 0. The van der Waals surface area contributed by atoms with E-state index in [1.165, 1.54) is 0 Å². The molecule has 0 aromatic heterocycles. The van der Waals surface area contributed by atoms with Crippen molar-refractivity contribution in [1.29, 1.82) is 0 Å². The van der Waals surface area contributed by atoms with Crippen LogP contribution in [0.15, 0.2) is 24.3 Å². The fourth-order valence-electron chi connectivity index (χ4n) is 4.47. The van der Waals surface area contributed by atoms with Gasteiger partial charge in [0.25, 0.3) is 0 Å². The van der Waals surface area contributed by atoms with Crippen LogP contribution in [0.25, 0.3) is 0 Å².